The van der Waals surface area contributed by atoms with Gasteiger partial charge in [0.05, 0.1) is 18.2 Å². The van der Waals surface area contributed by atoms with Crippen LogP contribution in [0.15, 0.2) is 59.5 Å². The molecule has 0 spiro atoms. The molecule has 0 fully saturated rings. The molecule has 0 aliphatic heterocycles. The first kappa shape index (κ1) is 29.1. The second-order valence-corrected chi connectivity index (χ2v) is 8.26. The molecular weight excluding hydrogens is 572 g/mol. The Hall–Kier alpha value is -4.89. The van der Waals surface area contributed by atoms with Gasteiger partial charge in [-0.25, -0.2) is 13.8 Å². The van der Waals surface area contributed by atoms with Gasteiger partial charge in [-0.05, 0) is 36.4 Å². The molecule has 0 aliphatic carbocycles. The van der Waals surface area contributed by atoms with Crippen LogP contribution < -0.4 is 20.3 Å². The summed E-state index contributed by atoms with van der Waals surface area (Å²) in [5.41, 5.74) is -4.93. The molecule has 2 aromatic heterocycles. The van der Waals surface area contributed by atoms with E-state index in [1.165, 1.54) is 0 Å². The molecule has 0 unspecified atom stereocenters. The summed E-state index contributed by atoms with van der Waals surface area (Å²) >= 11 is 0. The van der Waals surface area contributed by atoms with Gasteiger partial charge < -0.3 is 14.8 Å². The van der Waals surface area contributed by atoms with Gasteiger partial charge in [0.15, 0.2) is 5.82 Å². The molecule has 1 N–H and O–H groups in total. The van der Waals surface area contributed by atoms with Gasteiger partial charge in [0.25, 0.3) is 11.5 Å². The highest BCUT2D eigenvalue weighted by molar-refractivity contribution is 6.06. The van der Waals surface area contributed by atoms with Crippen molar-refractivity contribution in [2.24, 2.45) is 7.05 Å². The lowest BCUT2D eigenvalue weighted by Gasteiger charge is -2.13. The summed E-state index contributed by atoms with van der Waals surface area (Å²) in [6.45, 7) is 0. The first-order valence-corrected chi connectivity index (χ1v) is 11.2. The van der Waals surface area contributed by atoms with Crippen LogP contribution in [0.5, 0.6) is 11.5 Å². The maximum Gasteiger partial charge on any atom is 0.573 e. The van der Waals surface area contributed by atoms with Crippen LogP contribution >= 0.6 is 0 Å². The van der Waals surface area contributed by atoms with E-state index in [2.05, 4.69) is 15.0 Å². The van der Waals surface area contributed by atoms with E-state index < -0.39 is 69.7 Å². The van der Waals surface area contributed by atoms with Crippen molar-refractivity contribution < 1.29 is 49.4 Å². The molecule has 16 heteroatoms. The summed E-state index contributed by atoms with van der Waals surface area (Å²) in [6.07, 6.45) is -9.07. The van der Waals surface area contributed by atoms with Gasteiger partial charge in [-0.3, -0.25) is 14.3 Å². The molecule has 0 aliphatic rings. The Morgan fingerprint density at radius 3 is 2.07 bits per heavy atom. The first-order valence-electron chi connectivity index (χ1n) is 11.2. The first-order chi connectivity index (χ1) is 19.1. The minimum Gasteiger partial charge on any atom is -0.497 e. The van der Waals surface area contributed by atoms with Crippen LogP contribution in [-0.2, 0) is 13.2 Å². The Morgan fingerprint density at radius 1 is 0.927 bits per heavy atom. The van der Waals surface area contributed by atoms with E-state index in [1.807, 2.05) is 0 Å². The maximum atomic E-state index is 15.1. The number of alkyl halides is 6. The van der Waals surface area contributed by atoms with Crippen LogP contribution in [0.25, 0.3) is 17.1 Å². The van der Waals surface area contributed by atoms with Gasteiger partial charge in [0.1, 0.15) is 34.5 Å². The van der Waals surface area contributed by atoms with E-state index in [0.717, 1.165) is 61.4 Å². The average Bonchev–Trinajstić information content (AvgIpc) is 3.11. The Bertz CT molecular complexity index is 1650. The van der Waals surface area contributed by atoms with Gasteiger partial charge in [-0.1, -0.05) is 0 Å². The largest absolute Gasteiger partial charge is 0.573 e. The second-order valence-electron chi connectivity index (χ2n) is 8.26. The van der Waals surface area contributed by atoms with Crippen molar-refractivity contribution in [2.45, 2.75) is 12.5 Å². The van der Waals surface area contributed by atoms with Crippen molar-refractivity contribution in [3.8, 4) is 28.6 Å². The number of aromatic nitrogens is 3. The van der Waals surface area contributed by atoms with E-state index in [9.17, 15) is 35.9 Å². The zero-order valence-corrected chi connectivity index (χ0v) is 20.7. The number of pyridine rings is 1. The molecule has 2 heterocycles. The van der Waals surface area contributed by atoms with Crippen LogP contribution in [0.3, 0.4) is 0 Å². The standard InChI is InChI=1S/C25H16F8N4O4/c1-36-21(19-16(26)10-15(40-2)11-17(19)27)20(23(39)37(36)18-9-13(7-8-34-18)24(28,29)30)35-22(38)12-3-5-14(6-4-12)41-25(31,32)33/h3-11H,1-2H3,(H,35,38). The molecule has 0 radical (unpaired) electrons. The number of halogens is 8. The summed E-state index contributed by atoms with van der Waals surface area (Å²) in [5.74, 6) is -5.11. The lowest BCUT2D eigenvalue weighted by Crippen LogP contribution is -2.24. The van der Waals surface area contributed by atoms with Crippen LogP contribution in [0, 0.1) is 11.6 Å². The normalized spacial score (nSPS) is 11.9. The maximum absolute atomic E-state index is 15.1. The quantitative estimate of drug-likeness (QED) is 0.293. The third kappa shape index (κ3) is 6.00. The summed E-state index contributed by atoms with van der Waals surface area (Å²) < 4.78 is 117. The Kier molecular flexibility index (Phi) is 7.52. The monoisotopic (exact) mass is 588 g/mol. The Labute approximate surface area is 224 Å². The van der Waals surface area contributed by atoms with E-state index in [1.54, 1.807) is 0 Å². The third-order valence-electron chi connectivity index (χ3n) is 5.63. The minimum absolute atomic E-state index is 0.237. The molecule has 4 aromatic rings. The molecule has 41 heavy (non-hydrogen) atoms. The molecule has 2 aromatic carbocycles. The van der Waals surface area contributed by atoms with Crippen molar-refractivity contribution in [3.05, 3.63) is 87.8 Å². The number of nitrogens with zero attached hydrogens (tertiary/aromatic N) is 3. The van der Waals surface area contributed by atoms with E-state index in [-0.39, 0.29) is 11.3 Å². The van der Waals surface area contributed by atoms with Gasteiger partial charge in [-0.15, -0.1) is 13.2 Å². The molecule has 0 atom stereocenters. The number of benzene rings is 2. The van der Waals surface area contributed by atoms with Crippen molar-refractivity contribution in [2.75, 3.05) is 12.4 Å². The van der Waals surface area contributed by atoms with Gasteiger partial charge in [0, 0.05) is 30.9 Å². The highest BCUT2D eigenvalue weighted by Gasteiger charge is 2.33. The zero-order valence-electron chi connectivity index (χ0n) is 20.7. The number of carbonyl (C=O) groups is 1. The van der Waals surface area contributed by atoms with Gasteiger partial charge >= 0.3 is 12.5 Å². The summed E-state index contributed by atoms with van der Waals surface area (Å²) in [5, 5.41) is 2.15. The number of nitrogens with one attached hydrogen (secondary N) is 1. The fourth-order valence-electron chi connectivity index (χ4n) is 3.86. The number of carbonyl (C=O) groups excluding carboxylic acids is 1. The Balaban J connectivity index is 1.88. The smallest absolute Gasteiger partial charge is 0.497 e. The van der Waals surface area contributed by atoms with Crippen molar-refractivity contribution in [1.29, 1.82) is 0 Å². The van der Waals surface area contributed by atoms with Crippen molar-refractivity contribution in [1.82, 2.24) is 14.3 Å². The van der Waals surface area contributed by atoms with Gasteiger partial charge in [0.2, 0.25) is 0 Å². The molecule has 1 amide bonds. The highest BCUT2D eigenvalue weighted by Crippen LogP contribution is 2.35. The second kappa shape index (κ2) is 10.6. The molecule has 0 saturated carbocycles. The van der Waals surface area contributed by atoms with Gasteiger partial charge in [-0.2, -0.15) is 17.9 Å². The predicted molar refractivity (Wildman–Crippen MR) is 127 cm³/mol. The lowest BCUT2D eigenvalue weighted by atomic mass is 10.1. The van der Waals surface area contributed by atoms with E-state index >= 15 is 8.78 Å². The van der Waals surface area contributed by atoms with Crippen LogP contribution in [0.4, 0.5) is 40.8 Å². The number of hydrogen-bond acceptors (Lipinski definition) is 5. The Morgan fingerprint density at radius 2 is 1.54 bits per heavy atom. The zero-order chi connectivity index (χ0) is 30.3. The fourth-order valence-corrected chi connectivity index (χ4v) is 3.86. The minimum atomic E-state index is -5.00. The molecule has 216 valence electrons. The molecule has 0 bridgehead atoms. The van der Waals surface area contributed by atoms with E-state index in [0.29, 0.717) is 16.8 Å². The fraction of sp³-hybridized carbons (Fsp3) is 0.160. The lowest BCUT2D eigenvalue weighted by molar-refractivity contribution is -0.274. The molecule has 0 saturated heterocycles. The van der Waals surface area contributed by atoms with E-state index in [4.69, 9.17) is 4.74 Å². The number of amides is 1. The molecule has 4 rings (SSSR count). The summed E-state index contributed by atoms with van der Waals surface area (Å²) in [4.78, 5) is 30.2. The SMILES string of the molecule is COc1cc(F)c(-c2c(NC(=O)c3ccc(OC(F)(F)F)cc3)c(=O)n(-c3cc(C(F)(F)F)ccn3)n2C)c(F)c1. The predicted octanol–water partition coefficient (Wildman–Crippen LogP) is 5.69. The average molecular weight is 588 g/mol. The summed E-state index contributed by atoms with van der Waals surface area (Å²) in [6, 6.07) is 6.14. The number of ether oxygens (including phenoxy) is 2. The van der Waals surface area contributed by atoms with Crippen LogP contribution in [0.2, 0.25) is 0 Å². The van der Waals surface area contributed by atoms with Crippen molar-refractivity contribution in [3.63, 3.8) is 0 Å². The summed E-state index contributed by atoms with van der Waals surface area (Å²) in [7, 11) is 2.22. The molecule has 8 nitrogen and oxygen atoms in total. The number of methoxy groups -OCH3 is 1. The number of anilines is 1. The van der Waals surface area contributed by atoms with Crippen molar-refractivity contribution >= 4 is 11.6 Å². The highest BCUT2D eigenvalue weighted by atomic mass is 19.4. The third-order valence-corrected chi connectivity index (χ3v) is 5.63. The van der Waals surface area contributed by atoms with Crippen LogP contribution in [-0.4, -0.2) is 33.7 Å². The number of rotatable bonds is 6. The number of hydrogen-bond donors (Lipinski definition) is 1. The topological polar surface area (TPSA) is 87.4 Å². The van der Waals surface area contributed by atoms with Crippen LogP contribution in [0.1, 0.15) is 15.9 Å². The molecular formula is C25H16F8N4O4.